The normalized spacial score (nSPS) is 17.0. The number of ether oxygens (including phenoxy) is 1. The van der Waals surface area contributed by atoms with Crippen molar-refractivity contribution in [2.75, 3.05) is 10.7 Å². The van der Waals surface area contributed by atoms with Gasteiger partial charge in [-0.05, 0) is 36.2 Å². The Bertz CT molecular complexity index is 1250. The molecule has 2 N–H and O–H groups in total. The monoisotopic (exact) mass is 457 g/mol. The molecule has 0 fully saturated rings. The van der Waals surface area contributed by atoms with Crippen LogP contribution in [0.25, 0.3) is 0 Å². The highest BCUT2D eigenvalue weighted by molar-refractivity contribution is 8.00. The second-order valence-corrected chi connectivity index (χ2v) is 8.80. The molecule has 1 aromatic heterocycles. The van der Waals surface area contributed by atoms with E-state index in [4.69, 9.17) is 4.74 Å². The molecule has 8 heteroatoms. The van der Waals surface area contributed by atoms with E-state index in [0.29, 0.717) is 11.0 Å². The second kappa shape index (κ2) is 9.38. The largest absolute Gasteiger partial charge is 0.486 e. The molecule has 2 heterocycles. The summed E-state index contributed by atoms with van der Waals surface area (Å²) in [5.41, 5.74) is 6.28. The van der Waals surface area contributed by atoms with Gasteiger partial charge >= 0.3 is 0 Å². The number of carbonyl (C=O) groups is 1. The molecule has 33 heavy (non-hydrogen) atoms. The van der Waals surface area contributed by atoms with Crippen LogP contribution in [0.3, 0.4) is 0 Å². The number of para-hydroxylation sites is 2. The van der Waals surface area contributed by atoms with Gasteiger partial charge in [-0.25, -0.2) is 4.68 Å². The molecule has 7 nitrogen and oxygen atoms in total. The fourth-order valence-electron chi connectivity index (χ4n) is 3.68. The van der Waals surface area contributed by atoms with Crippen LogP contribution in [0.2, 0.25) is 0 Å². The molecule has 0 spiro atoms. The number of thioether (sulfide) groups is 1. The summed E-state index contributed by atoms with van der Waals surface area (Å²) >= 11 is 1.39. The molecule has 1 aliphatic heterocycles. The van der Waals surface area contributed by atoms with Crippen LogP contribution in [0.4, 0.5) is 5.69 Å². The summed E-state index contributed by atoms with van der Waals surface area (Å²) in [5, 5.41) is 11.9. The van der Waals surface area contributed by atoms with Gasteiger partial charge in [0.1, 0.15) is 17.6 Å². The average Bonchev–Trinajstić information content (AvgIpc) is 3.26. The molecular weight excluding hydrogens is 434 g/mol. The highest BCUT2D eigenvalue weighted by Crippen LogP contribution is 2.37. The highest BCUT2D eigenvalue weighted by atomic mass is 32.2. The molecule has 0 saturated carbocycles. The Labute approximate surface area is 196 Å². The summed E-state index contributed by atoms with van der Waals surface area (Å²) in [5.74, 6) is 1.31. The minimum absolute atomic E-state index is 0.0908. The zero-order valence-corrected chi connectivity index (χ0v) is 18.8. The first-order valence-electron chi connectivity index (χ1n) is 10.7. The molecule has 3 aromatic carbocycles. The van der Waals surface area contributed by atoms with Crippen molar-refractivity contribution < 1.29 is 9.53 Å². The number of amides is 1. The van der Waals surface area contributed by atoms with Gasteiger partial charge in [-0.1, -0.05) is 78.5 Å². The van der Waals surface area contributed by atoms with Crippen molar-refractivity contribution in [2.24, 2.45) is 0 Å². The smallest absolute Gasteiger partial charge is 0.240 e. The van der Waals surface area contributed by atoms with Gasteiger partial charge in [0.25, 0.3) is 0 Å². The Morgan fingerprint density at radius 2 is 1.70 bits per heavy atom. The number of rotatable bonds is 6. The number of fused-ring (bicyclic) bond motifs is 1. The Hall–Kier alpha value is -3.78. The number of benzene rings is 3. The molecule has 1 aliphatic rings. The topological polar surface area (TPSA) is 81.1 Å². The lowest BCUT2D eigenvalue weighted by molar-refractivity contribution is -0.116. The van der Waals surface area contributed by atoms with E-state index < -0.39 is 5.25 Å². The summed E-state index contributed by atoms with van der Waals surface area (Å²) in [7, 11) is 0. The van der Waals surface area contributed by atoms with Gasteiger partial charge in [0, 0.05) is 5.69 Å². The zero-order valence-electron chi connectivity index (χ0n) is 18.0. The van der Waals surface area contributed by atoms with Crippen molar-refractivity contribution in [3.8, 4) is 5.75 Å². The van der Waals surface area contributed by atoms with Crippen LogP contribution in [0, 0.1) is 6.92 Å². The lowest BCUT2D eigenvalue weighted by atomic mass is 10.0. The zero-order chi connectivity index (χ0) is 22.6. The van der Waals surface area contributed by atoms with Crippen molar-refractivity contribution in [1.29, 1.82) is 0 Å². The molecule has 0 saturated heterocycles. The van der Waals surface area contributed by atoms with Gasteiger partial charge in [0.2, 0.25) is 11.1 Å². The van der Waals surface area contributed by atoms with Gasteiger partial charge in [-0.2, -0.15) is 0 Å². The fraction of sp³-hybridized carbons (Fsp3) is 0.160. The minimum Gasteiger partial charge on any atom is -0.486 e. The molecule has 0 radical (unpaired) electrons. The van der Waals surface area contributed by atoms with E-state index in [9.17, 15) is 4.79 Å². The summed E-state index contributed by atoms with van der Waals surface area (Å²) in [4.78, 5) is 13.4. The molecule has 0 aliphatic carbocycles. The maximum Gasteiger partial charge on any atom is 0.240 e. The van der Waals surface area contributed by atoms with Crippen molar-refractivity contribution >= 4 is 23.4 Å². The van der Waals surface area contributed by atoms with Gasteiger partial charge in [-0.3, -0.25) is 4.79 Å². The number of hydrogen-bond donors (Lipinski definition) is 2. The maximum atomic E-state index is 13.4. The standard InChI is InChI=1S/C25H23N5O2S/c1-17-10-8-9-15-20(17)26-24(31)23-22(18-11-4-2-5-12-18)29-30-21(27-28-25(30)33-23)16-32-19-13-6-3-7-14-19/h2-15,22-23,29H,16H2,1H3,(H,26,31). The number of carbonyl (C=O) groups excluding carboxylic acids is 1. The number of aryl methyl sites for hydroxylation is 1. The van der Waals surface area contributed by atoms with Gasteiger partial charge in [0.15, 0.2) is 5.82 Å². The molecule has 0 bridgehead atoms. The van der Waals surface area contributed by atoms with Crippen LogP contribution >= 0.6 is 11.8 Å². The molecule has 5 rings (SSSR count). The molecule has 2 unspecified atom stereocenters. The highest BCUT2D eigenvalue weighted by Gasteiger charge is 2.38. The quantitative estimate of drug-likeness (QED) is 0.442. The van der Waals surface area contributed by atoms with Crippen molar-refractivity contribution in [3.63, 3.8) is 0 Å². The lowest BCUT2D eigenvalue weighted by Gasteiger charge is -2.33. The Balaban J connectivity index is 1.41. The van der Waals surface area contributed by atoms with E-state index in [-0.39, 0.29) is 18.6 Å². The summed E-state index contributed by atoms with van der Waals surface area (Å²) in [6.45, 7) is 2.23. The number of aromatic nitrogens is 3. The Morgan fingerprint density at radius 1 is 1.00 bits per heavy atom. The third-order valence-electron chi connectivity index (χ3n) is 5.43. The number of anilines is 1. The van der Waals surface area contributed by atoms with E-state index in [2.05, 4.69) is 20.9 Å². The number of hydrogen-bond acceptors (Lipinski definition) is 6. The van der Waals surface area contributed by atoms with Crippen molar-refractivity contribution in [3.05, 3.63) is 102 Å². The first-order chi connectivity index (χ1) is 16.2. The SMILES string of the molecule is Cc1ccccc1NC(=O)C1Sc2nnc(COc3ccccc3)n2NC1c1ccccc1. The van der Waals surface area contributed by atoms with Crippen LogP contribution in [0.1, 0.15) is 23.0 Å². The van der Waals surface area contributed by atoms with E-state index in [1.54, 1.807) is 0 Å². The molecule has 4 aromatic rings. The van der Waals surface area contributed by atoms with E-state index in [1.807, 2.05) is 96.5 Å². The minimum atomic E-state index is -0.438. The lowest BCUT2D eigenvalue weighted by Crippen LogP contribution is -2.41. The first kappa shape index (κ1) is 21.1. The van der Waals surface area contributed by atoms with Gasteiger partial charge < -0.3 is 15.5 Å². The molecule has 2 atom stereocenters. The predicted octanol–water partition coefficient (Wildman–Crippen LogP) is 4.56. The number of nitrogens with zero attached hydrogens (tertiary/aromatic N) is 3. The molecule has 166 valence electrons. The molecule has 1 amide bonds. The predicted molar refractivity (Wildman–Crippen MR) is 129 cm³/mol. The maximum absolute atomic E-state index is 13.4. The Kier molecular flexibility index (Phi) is 5.99. The third kappa shape index (κ3) is 4.56. The van der Waals surface area contributed by atoms with Gasteiger partial charge in [-0.15, -0.1) is 10.2 Å². The van der Waals surface area contributed by atoms with Crippen LogP contribution in [-0.4, -0.2) is 26.0 Å². The average molecular weight is 458 g/mol. The summed E-state index contributed by atoms with van der Waals surface area (Å²) in [6, 6.07) is 27.0. The van der Waals surface area contributed by atoms with Crippen LogP contribution in [0.15, 0.2) is 90.1 Å². The second-order valence-electron chi connectivity index (χ2n) is 7.70. The van der Waals surface area contributed by atoms with E-state index in [0.717, 1.165) is 22.6 Å². The first-order valence-corrected chi connectivity index (χ1v) is 11.5. The Morgan fingerprint density at radius 3 is 2.45 bits per heavy atom. The molecular formula is C25H23N5O2S. The fourth-order valence-corrected chi connectivity index (χ4v) is 4.78. The van der Waals surface area contributed by atoms with Gasteiger partial charge in [0.05, 0.1) is 6.04 Å². The van der Waals surface area contributed by atoms with Crippen molar-refractivity contribution in [1.82, 2.24) is 14.9 Å². The van der Waals surface area contributed by atoms with Crippen LogP contribution in [-0.2, 0) is 11.4 Å². The van der Waals surface area contributed by atoms with E-state index in [1.165, 1.54) is 11.8 Å². The third-order valence-corrected chi connectivity index (χ3v) is 6.65. The number of nitrogens with one attached hydrogen (secondary N) is 2. The summed E-state index contributed by atoms with van der Waals surface area (Å²) < 4.78 is 7.69. The van der Waals surface area contributed by atoms with Crippen LogP contribution in [0.5, 0.6) is 5.75 Å². The van der Waals surface area contributed by atoms with Crippen LogP contribution < -0.4 is 15.5 Å². The van der Waals surface area contributed by atoms with Crippen molar-refractivity contribution in [2.45, 2.75) is 30.0 Å². The summed E-state index contributed by atoms with van der Waals surface area (Å²) in [6.07, 6.45) is 0. The van der Waals surface area contributed by atoms with E-state index >= 15 is 0 Å².